The zero-order chi connectivity index (χ0) is 13.0. The van der Waals surface area contributed by atoms with Gasteiger partial charge in [-0.2, -0.15) is 5.10 Å². The molecule has 2 rings (SSSR count). The Morgan fingerprint density at radius 2 is 2.17 bits per heavy atom. The fourth-order valence-electron chi connectivity index (χ4n) is 1.68. The van der Waals surface area contributed by atoms with Gasteiger partial charge in [0, 0.05) is 25.4 Å². The number of aromatic carboxylic acids is 1. The molecule has 0 aliphatic heterocycles. The van der Waals surface area contributed by atoms with Crippen molar-refractivity contribution in [1.82, 2.24) is 9.78 Å². The lowest BCUT2D eigenvalue weighted by Gasteiger charge is -2.08. The average Bonchev–Trinajstić information content (AvgIpc) is 2.76. The molecule has 1 N–H and O–H groups in total. The summed E-state index contributed by atoms with van der Waals surface area (Å²) in [5.74, 6) is -0.585. The monoisotopic (exact) mass is 246 g/mol. The van der Waals surface area contributed by atoms with Crippen molar-refractivity contribution >= 4 is 5.97 Å². The molecule has 2 aromatic rings. The third-order valence-electron chi connectivity index (χ3n) is 2.66. The Bertz CT molecular complexity index is 549. The molecule has 18 heavy (non-hydrogen) atoms. The highest BCUT2D eigenvalue weighted by Crippen LogP contribution is 2.17. The van der Waals surface area contributed by atoms with Gasteiger partial charge < -0.3 is 9.84 Å². The summed E-state index contributed by atoms with van der Waals surface area (Å²) in [6.07, 6.45) is 2.41. The number of hydrogen-bond acceptors (Lipinski definition) is 3. The number of rotatable bonds is 5. The van der Waals surface area contributed by atoms with E-state index in [9.17, 15) is 4.79 Å². The molecule has 0 aliphatic carbocycles. The average molecular weight is 246 g/mol. The largest absolute Gasteiger partial charge is 0.492 e. The van der Waals surface area contributed by atoms with Crippen molar-refractivity contribution in [1.29, 1.82) is 0 Å². The second-order valence-corrected chi connectivity index (χ2v) is 3.85. The van der Waals surface area contributed by atoms with E-state index in [4.69, 9.17) is 9.84 Å². The van der Waals surface area contributed by atoms with Gasteiger partial charge in [-0.3, -0.25) is 4.68 Å². The van der Waals surface area contributed by atoms with Crippen molar-refractivity contribution in [3.05, 3.63) is 47.8 Å². The van der Waals surface area contributed by atoms with Crippen molar-refractivity contribution in [2.45, 2.75) is 6.42 Å². The van der Waals surface area contributed by atoms with Crippen LogP contribution in [0.2, 0.25) is 0 Å². The highest BCUT2D eigenvalue weighted by Gasteiger charge is 2.10. The van der Waals surface area contributed by atoms with Gasteiger partial charge in [0.15, 0.2) is 0 Å². The molecule has 1 heterocycles. The molecular weight excluding hydrogens is 232 g/mol. The number of ether oxygens (including phenoxy) is 1. The minimum atomic E-state index is -0.980. The van der Waals surface area contributed by atoms with Crippen LogP contribution in [-0.2, 0) is 13.5 Å². The normalized spacial score (nSPS) is 10.3. The van der Waals surface area contributed by atoms with Gasteiger partial charge in [-0.25, -0.2) is 4.79 Å². The molecule has 94 valence electrons. The van der Waals surface area contributed by atoms with Crippen LogP contribution in [0.1, 0.15) is 16.1 Å². The molecular formula is C13H14N2O3. The SMILES string of the molecule is Cn1nccc1CCOc1ccccc1C(=O)O. The van der Waals surface area contributed by atoms with Gasteiger partial charge in [-0.15, -0.1) is 0 Å². The van der Waals surface area contributed by atoms with Crippen LogP contribution in [-0.4, -0.2) is 27.5 Å². The summed E-state index contributed by atoms with van der Waals surface area (Å²) < 4.78 is 7.28. The summed E-state index contributed by atoms with van der Waals surface area (Å²) >= 11 is 0. The smallest absolute Gasteiger partial charge is 0.339 e. The van der Waals surface area contributed by atoms with E-state index < -0.39 is 5.97 Å². The first-order valence-electron chi connectivity index (χ1n) is 5.60. The first kappa shape index (κ1) is 12.2. The Kier molecular flexibility index (Phi) is 3.62. The number of hydrogen-bond donors (Lipinski definition) is 1. The fraction of sp³-hybridized carbons (Fsp3) is 0.231. The molecule has 0 aliphatic rings. The first-order chi connectivity index (χ1) is 8.68. The van der Waals surface area contributed by atoms with Gasteiger partial charge in [0.25, 0.3) is 0 Å². The van der Waals surface area contributed by atoms with Gasteiger partial charge in [0.05, 0.1) is 6.61 Å². The van der Waals surface area contributed by atoms with Crippen molar-refractivity contribution < 1.29 is 14.6 Å². The third kappa shape index (κ3) is 2.68. The van der Waals surface area contributed by atoms with E-state index in [2.05, 4.69) is 5.10 Å². The van der Waals surface area contributed by atoms with E-state index in [0.717, 1.165) is 5.69 Å². The Balaban J connectivity index is 1.99. The van der Waals surface area contributed by atoms with Crippen LogP contribution in [0, 0.1) is 0 Å². The van der Waals surface area contributed by atoms with E-state index in [1.807, 2.05) is 13.1 Å². The van der Waals surface area contributed by atoms with Crippen molar-refractivity contribution in [2.75, 3.05) is 6.61 Å². The van der Waals surface area contributed by atoms with Crippen LogP contribution < -0.4 is 4.74 Å². The van der Waals surface area contributed by atoms with Gasteiger partial charge in [0.1, 0.15) is 11.3 Å². The predicted octanol–water partition coefficient (Wildman–Crippen LogP) is 1.74. The van der Waals surface area contributed by atoms with Crippen molar-refractivity contribution in [3.63, 3.8) is 0 Å². The molecule has 0 amide bonds. The first-order valence-corrected chi connectivity index (χ1v) is 5.60. The number of aryl methyl sites for hydroxylation is 1. The van der Waals surface area contributed by atoms with Crippen LogP contribution >= 0.6 is 0 Å². The van der Waals surface area contributed by atoms with Crippen molar-refractivity contribution in [2.24, 2.45) is 7.05 Å². The summed E-state index contributed by atoms with van der Waals surface area (Å²) in [5.41, 5.74) is 1.23. The molecule has 1 aromatic heterocycles. The minimum absolute atomic E-state index is 0.183. The van der Waals surface area contributed by atoms with E-state index in [-0.39, 0.29) is 5.56 Å². The molecule has 1 aromatic carbocycles. The number of carboxylic acid groups (broad SMARTS) is 1. The van der Waals surface area contributed by atoms with Crippen LogP contribution in [0.25, 0.3) is 0 Å². The lowest BCUT2D eigenvalue weighted by molar-refractivity contribution is 0.0692. The summed E-state index contributed by atoms with van der Waals surface area (Å²) in [5, 5.41) is 13.1. The topological polar surface area (TPSA) is 64.4 Å². The number of benzene rings is 1. The molecule has 0 saturated heterocycles. The quantitative estimate of drug-likeness (QED) is 0.872. The zero-order valence-electron chi connectivity index (χ0n) is 10.0. The number of nitrogens with zero attached hydrogens (tertiary/aromatic N) is 2. The minimum Gasteiger partial charge on any atom is -0.492 e. The summed E-state index contributed by atoms with van der Waals surface area (Å²) in [4.78, 5) is 11.0. The molecule has 0 unspecified atom stereocenters. The highest BCUT2D eigenvalue weighted by atomic mass is 16.5. The summed E-state index contributed by atoms with van der Waals surface area (Å²) in [6, 6.07) is 8.53. The lowest BCUT2D eigenvalue weighted by Crippen LogP contribution is -2.08. The maximum Gasteiger partial charge on any atom is 0.339 e. The van der Waals surface area contributed by atoms with Crippen LogP contribution in [0.3, 0.4) is 0 Å². The third-order valence-corrected chi connectivity index (χ3v) is 2.66. The predicted molar refractivity (Wildman–Crippen MR) is 65.8 cm³/mol. The maximum atomic E-state index is 11.0. The van der Waals surface area contributed by atoms with Crippen molar-refractivity contribution in [3.8, 4) is 5.75 Å². The van der Waals surface area contributed by atoms with E-state index in [0.29, 0.717) is 18.8 Å². The van der Waals surface area contributed by atoms with Crippen LogP contribution in [0.15, 0.2) is 36.5 Å². The number of carboxylic acids is 1. The Labute approximate surface area is 105 Å². The van der Waals surface area contributed by atoms with Gasteiger partial charge in [-0.1, -0.05) is 12.1 Å². The van der Waals surface area contributed by atoms with Crippen LogP contribution in [0.5, 0.6) is 5.75 Å². The molecule has 0 radical (unpaired) electrons. The highest BCUT2D eigenvalue weighted by molar-refractivity contribution is 5.90. The molecule has 0 bridgehead atoms. The van der Waals surface area contributed by atoms with Crippen LogP contribution in [0.4, 0.5) is 0 Å². The number of para-hydroxylation sites is 1. The van der Waals surface area contributed by atoms with E-state index >= 15 is 0 Å². The molecule has 0 spiro atoms. The molecule has 5 heteroatoms. The summed E-state index contributed by atoms with van der Waals surface area (Å²) in [7, 11) is 1.86. The Morgan fingerprint density at radius 3 is 2.83 bits per heavy atom. The second-order valence-electron chi connectivity index (χ2n) is 3.85. The second kappa shape index (κ2) is 5.35. The summed E-state index contributed by atoms with van der Waals surface area (Å²) in [6.45, 7) is 0.420. The molecule has 0 saturated carbocycles. The number of aromatic nitrogens is 2. The molecule has 0 fully saturated rings. The Hall–Kier alpha value is -2.30. The van der Waals surface area contributed by atoms with Gasteiger partial charge in [-0.05, 0) is 18.2 Å². The van der Waals surface area contributed by atoms with E-state index in [1.54, 1.807) is 29.1 Å². The number of carbonyl (C=O) groups is 1. The Morgan fingerprint density at radius 1 is 1.39 bits per heavy atom. The van der Waals surface area contributed by atoms with E-state index in [1.165, 1.54) is 6.07 Å². The van der Waals surface area contributed by atoms with Gasteiger partial charge >= 0.3 is 5.97 Å². The van der Waals surface area contributed by atoms with Gasteiger partial charge in [0.2, 0.25) is 0 Å². The zero-order valence-corrected chi connectivity index (χ0v) is 10.0. The molecule has 0 atom stereocenters. The molecule has 5 nitrogen and oxygen atoms in total. The fourth-order valence-corrected chi connectivity index (χ4v) is 1.68. The standard InChI is InChI=1S/C13H14N2O3/c1-15-10(6-8-14-15)7-9-18-12-5-3-2-4-11(12)13(16)17/h2-6,8H,7,9H2,1H3,(H,16,17). The maximum absolute atomic E-state index is 11.0. The lowest BCUT2D eigenvalue weighted by atomic mass is 10.2.